The fourth-order valence-electron chi connectivity index (χ4n) is 2.82. The molecule has 1 fully saturated rings. The Hall–Kier alpha value is -1.80. The summed E-state index contributed by atoms with van der Waals surface area (Å²) in [6.07, 6.45) is 2.68. The molecule has 0 heterocycles. The summed E-state index contributed by atoms with van der Waals surface area (Å²) in [5.41, 5.74) is 6.56. The van der Waals surface area contributed by atoms with Crippen molar-refractivity contribution < 1.29 is 0 Å². The third-order valence-electron chi connectivity index (χ3n) is 4.27. The van der Waals surface area contributed by atoms with Crippen molar-refractivity contribution in [1.82, 2.24) is 5.32 Å². The van der Waals surface area contributed by atoms with E-state index >= 15 is 0 Å². The molecule has 1 saturated carbocycles. The second kappa shape index (κ2) is 5.90. The Kier molecular flexibility index (Phi) is 3.98. The van der Waals surface area contributed by atoms with E-state index in [2.05, 4.69) is 73.6 Å². The second-order valence-corrected chi connectivity index (χ2v) is 6.12. The molecule has 2 aromatic rings. The van der Waals surface area contributed by atoms with Crippen molar-refractivity contribution in [3.8, 4) is 0 Å². The summed E-state index contributed by atoms with van der Waals surface area (Å²) < 4.78 is 0. The first-order valence-electron chi connectivity index (χ1n) is 7.77. The maximum atomic E-state index is 3.58. The summed E-state index contributed by atoms with van der Waals surface area (Å²) >= 11 is 0. The highest BCUT2D eigenvalue weighted by Gasteiger charge is 2.20. The number of hydrogen-bond acceptors (Lipinski definition) is 2. The van der Waals surface area contributed by atoms with Crippen LogP contribution in [0.1, 0.15) is 29.5 Å². The zero-order valence-corrected chi connectivity index (χ0v) is 13.2. The third-order valence-corrected chi connectivity index (χ3v) is 4.27. The Morgan fingerprint density at radius 2 is 1.71 bits per heavy atom. The molecule has 0 unspecified atom stereocenters. The summed E-state index contributed by atoms with van der Waals surface area (Å²) in [4.78, 5) is 2.28. The molecule has 0 aliphatic heterocycles. The van der Waals surface area contributed by atoms with Crippen LogP contribution in [-0.4, -0.2) is 13.1 Å². The zero-order chi connectivity index (χ0) is 14.8. The second-order valence-electron chi connectivity index (χ2n) is 6.12. The van der Waals surface area contributed by atoms with Gasteiger partial charge in [-0.15, -0.1) is 0 Å². The lowest BCUT2D eigenvalue weighted by Gasteiger charge is -2.24. The van der Waals surface area contributed by atoms with Gasteiger partial charge in [0.15, 0.2) is 0 Å². The molecule has 0 amide bonds. The normalized spacial score (nSPS) is 14.2. The molecule has 3 rings (SSSR count). The van der Waals surface area contributed by atoms with Crippen LogP contribution in [0.4, 0.5) is 11.4 Å². The maximum absolute atomic E-state index is 3.58. The van der Waals surface area contributed by atoms with Crippen molar-refractivity contribution >= 4 is 11.4 Å². The molecule has 0 atom stereocenters. The summed E-state index contributed by atoms with van der Waals surface area (Å²) in [6, 6.07) is 16.1. The molecule has 2 nitrogen and oxygen atoms in total. The topological polar surface area (TPSA) is 15.3 Å². The first-order chi connectivity index (χ1) is 10.1. The van der Waals surface area contributed by atoms with E-state index in [9.17, 15) is 0 Å². The number of rotatable bonds is 5. The summed E-state index contributed by atoms with van der Waals surface area (Å²) in [5, 5.41) is 3.58. The standard InChI is InChI=1S/C19H24N2/c1-14-6-4-5-7-18(14)21(3)19-11-8-16(12-15(19)2)13-20-17-9-10-17/h4-8,11-12,17,20H,9-10,13H2,1-3H3. The lowest BCUT2D eigenvalue weighted by Crippen LogP contribution is -2.16. The molecule has 21 heavy (non-hydrogen) atoms. The van der Waals surface area contributed by atoms with Crippen LogP contribution in [0.5, 0.6) is 0 Å². The van der Waals surface area contributed by atoms with Gasteiger partial charge in [0.2, 0.25) is 0 Å². The lowest BCUT2D eigenvalue weighted by molar-refractivity contribution is 0.687. The molecule has 1 aliphatic rings. The van der Waals surface area contributed by atoms with E-state index < -0.39 is 0 Å². The quantitative estimate of drug-likeness (QED) is 0.877. The van der Waals surface area contributed by atoms with Crippen LogP contribution in [0, 0.1) is 13.8 Å². The Labute approximate surface area is 127 Å². The highest BCUT2D eigenvalue weighted by atomic mass is 15.1. The van der Waals surface area contributed by atoms with Gasteiger partial charge in [-0.05, 0) is 55.5 Å². The van der Waals surface area contributed by atoms with Gasteiger partial charge in [0, 0.05) is 31.0 Å². The SMILES string of the molecule is Cc1ccccc1N(C)c1ccc(CNC2CC2)cc1C. The molecule has 0 saturated heterocycles. The lowest BCUT2D eigenvalue weighted by atomic mass is 10.1. The number of para-hydroxylation sites is 1. The van der Waals surface area contributed by atoms with Gasteiger partial charge < -0.3 is 10.2 Å². The smallest absolute Gasteiger partial charge is 0.0438 e. The molecule has 0 bridgehead atoms. The number of hydrogen-bond donors (Lipinski definition) is 1. The summed E-state index contributed by atoms with van der Waals surface area (Å²) in [6.45, 7) is 5.35. The molecule has 110 valence electrons. The van der Waals surface area contributed by atoms with Gasteiger partial charge in [0.05, 0.1) is 0 Å². The highest BCUT2D eigenvalue weighted by Crippen LogP contribution is 2.29. The van der Waals surface area contributed by atoms with Gasteiger partial charge in [0.25, 0.3) is 0 Å². The minimum absolute atomic E-state index is 0.764. The number of aryl methyl sites for hydroxylation is 2. The number of benzene rings is 2. The number of nitrogens with zero attached hydrogens (tertiary/aromatic N) is 1. The maximum Gasteiger partial charge on any atom is 0.0438 e. The minimum Gasteiger partial charge on any atom is -0.344 e. The summed E-state index contributed by atoms with van der Waals surface area (Å²) in [5.74, 6) is 0. The highest BCUT2D eigenvalue weighted by molar-refractivity contribution is 5.68. The third kappa shape index (κ3) is 3.27. The fourth-order valence-corrected chi connectivity index (χ4v) is 2.82. The Bertz CT molecular complexity index is 629. The van der Waals surface area contributed by atoms with Crippen LogP contribution >= 0.6 is 0 Å². The monoisotopic (exact) mass is 280 g/mol. The molecule has 2 heteroatoms. The van der Waals surface area contributed by atoms with E-state index in [-0.39, 0.29) is 0 Å². The van der Waals surface area contributed by atoms with E-state index in [4.69, 9.17) is 0 Å². The van der Waals surface area contributed by atoms with Crippen LogP contribution in [0.25, 0.3) is 0 Å². The van der Waals surface area contributed by atoms with Crippen LogP contribution in [0.15, 0.2) is 42.5 Å². The van der Waals surface area contributed by atoms with E-state index in [1.54, 1.807) is 0 Å². The minimum atomic E-state index is 0.764. The Balaban J connectivity index is 1.79. The Morgan fingerprint density at radius 1 is 1.00 bits per heavy atom. The van der Waals surface area contributed by atoms with Crippen molar-refractivity contribution in [3.63, 3.8) is 0 Å². The molecule has 0 spiro atoms. The van der Waals surface area contributed by atoms with Crippen LogP contribution < -0.4 is 10.2 Å². The van der Waals surface area contributed by atoms with E-state index in [0.29, 0.717) is 0 Å². The van der Waals surface area contributed by atoms with E-state index in [1.165, 1.54) is 40.9 Å². The first kappa shape index (κ1) is 14.2. The molecule has 1 aliphatic carbocycles. The average Bonchev–Trinajstić information content (AvgIpc) is 3.29. The number of anilines is 2. The van der Waals surface area contributed by atoms with Gasteiger partial charge in [-0.1, -0.05) is 30.3 Å². The predicted octanol–water partition coefficient (Wildman–Crippen LogP) is 4.32. The van der Waals surface area contributed by atoms with Gasteiger partial charge in [-0.2, -0.15) is 0 Å². The van der Waals surface area contributed by atoms with Crippen LogP contribution in [0.2, 0.25) is 0 Å². The Morgan fingerprint density at radius 3 is 2.38 bits per heavy atom. The van der Waals surface area contributed by atoms with Crippen LogP contribution in [-0.2, 0) is 6.54 Å². The average molecular weight is 280 g/mol. The van der Waals surface area contributed by atoms with Gasteiger partial charge in [-0.25, -0.2) is 0 Å². The molecule has 2 aromatic carbocycles. The summed E-state index contributed by atoms with van der Waals surface area (Å²) in [7, 11) is 2.15. The van der Waals surface area contributed by atoms with Crippen LogP contribution in [0.3, 0.4) is 0 Å². The van der Waals surface area contributed by atoms with Crippen molar-refractivity contribution in [3.05, 3.63) is 59.2 Å². The van der Waals surface area contributed by atoms with Gasteiger partial charge >= 0.3 is 0 Å². The van der Waals surface area contributed by atoms with Crippen molar-refractivity contribution in [1.29, 1.82) is 0 Å². The van der Waals surface area contributed by atoms with Gasteiger partial charge in [0.1, 0.15) is 0 Å². The van der Waals surface area contributed by atoms with Crippen molar-refractivity contribution in [2.24, 2.45) is 0 Å². The van der Waals surface area contributed by atoms with Crippen molar-refractivity contribution in [2.75, 3.05) is 11.9 Å². The molecule has 0 aromatic heterocycles. The van der Waals surface area contributed by atoms with Crippen molar-refractivity contribution in [2.45, 2.75) is 39.3 Å². The predicted molar refractivity (Wildman–Crippen MR) is 90.3 cm³/mol. The zero-order valence-electron chi connectivity index (χ0n) is 13.2. The molecule has 0 radical (unpaired) electrons. The largest absolute Gasteiger partial charge is 0.344 e. The van der Waals surface area contributed by atoms with E-state index in [1.807, 2.05) is 0 Å². The molecular formula is C19H24N2. The van der Waals surface area contributed by atoms with E-state index in [0.717, 1.165) is 12.6 Å². The molecular weight excluding hydrogens is 256 g/mol. The first-order valence-corrected chi connectivity index (χ1v) is 7.77. The fraction of sp³-hybridized carbons (Fsp3) is 0.368. The number of nitrogens with one attached hydrogen (secondary N) is 1. The van der Waals surface area contributed by atoms with Gasteiger partial charge in [-0.3, -0.25) is 0 Å². The molecule has 1 N–H and O–H groups in total.